The van der Waals surface area contributed by atoms with E-state index in [0.29, 0.717) is 45.6 Å². The van der Waals surface area contributed by atoms with Crippen LogP contribution in [-0.4, -0.2) is 39.1 Å². The van der Waals surface area contributed by atoms with Gasteiger partial charge in [0, 0.05) is 16.3 Å². The molecule has 0 saturated heterocycles. The molecule has 0 radical (unpaired) electrons. The number of nitrogens with zero attached hydrogens (tertiary/aromatic N) is 2. The number of amides is 2. The van der Waals surface area contributed by atoms with Gasteiger partial charge in [0.2, 0.25) is 0 Å². The fourth-order valence-electron chi connectivity index (χ4n) is 4.06. The van der Waals surface area contributed by atoms with Crippen LogP contribution in [0, 0.1) is 6.92 Å². The first-order valence-electron chi connectivity index (χ1n) is 13.4. The smallest absolute Gasteiger partial charge is 0.264 e. The fourth-order valence-corrected chi connectivity index (χ4v) is 5.67. The maximum atomic E-state index is 13.6. The molecule has 0 atom stereocenters. The van der Waals surface area contributed by atoms with Crippen LogP contribution >= 0.6 is 11.6 Å². The number of halogens is 1. The zero-order valence-electron chi connectivity index (χ0n) is 23.9. The molecule has 43 heavy (non-hydrogen) atoms. The third-order valence-corrected chi connectivity index (χ3v) is 8.33. The molecule has 4 aromatic rings. The van der Waals surface area contributed by atoms with E-state index in [2.05, 4.69) is 15.8 Å². The molecule has 0 unspecified atom stereocenters. The van der Waals surface area contributed by atoms with Crippen LogP contribution in [0.5, 0.6) is 5.75 Å². The van der Waals surface area contributed by atoms with Crippen molar-refractivity contribution in [2.75, 3.05) is 22.8 Å². The number of hydrogen-bond acceptors (Lipinski definition) is 6. The van der Waals surface area contributed by atoms with Crippen molar-refractivity contribution in [2.45, 2.75) is 25.7 Å². The van der Waals surface area contributed by atoms with Gasteiger partial charge in [0.15, 0.2) is 0 Å². The summed E-state index contributed by atoms with van der Waals surface area (Å²) in [6, 6.07) is 26.4. The molecule has 0 bridgehead atoms. The molecule has 0 fully saturated rings. The fraction of sp³-hybridized carbons (Fsp3) is 0.156. The van der Waals surface area contributed by atoms with Gasteiger partial charge in [0.05, 0.1) is 22.9 Å². The summed E-state index contributed by atoms with van der Waals surface area (Å²) in [6.45, 7) is 5.34. The molecule has 4 rings (SSSR count). The topological polar surface area (TPSA) is 117 Å². The Morgan fingerprint density at radius 1 is 0.907 bits per heavy atom. The molecule has 0 saturated carbocycles. The summed E-state index contributed by atoms with van der Waals surface area (Å²) in [4.78, 5) is 25.7. The molecule has 0 heterocycles. The highest BCUT2D eigenvalue weighted by molar-refractivity contribution is 7.92. The Bertz CT molecular complexity index is 1740. The Balaban J connectivity index is 1.51. The standard InChI is InChI=1S/C32H31ClN4O5S/c1-4-42-29-15-13-28(14-16-29)37(43(40,41)30-17-11-22(2)12-18-30)21-31(38)36-35-23(3)24-7-6-10-27(20-24)34-32(39)25-8-5-9-26(33)19-25/h5-20H,4,21H2,1-3H3,(H,34,39)(H,36,38)/b35-23-. The number of anilines is 2. The summed E-state index contributed by atoms with van der Waals surface area (Å²) >= 11 is 5.99. The van der Waals surface area contributed by atoms with Crippen molar-refractivity contribution < 1.29 is 22.7 Å². The van der Waals surface area contributed by atoms with E-state index in [4.69, 9.17) is 16.3 Å². The highest BCUT2D eigenvalue weighted by Gasteiger charge is 2.27. The Kier molecular flexibility index (Phi) is 10.2. The minimum absolute atomic E-state index is 0.0519. The molecular weight excluding hydrogens is 588 g/mol. The molecule has 2 N–H and O–H groups in total. The van der Waals surface area contributed by atoms with Gasteiger partial charge in [-0.25, -0.2) is 13.8 Å². The summed E-state index contributed by atoms with van der Waals surface area (Å²) in [5, 5.41) is 7.45. The second-order valence-corrected chi connectivity index (χ2v) is 11.8. The van der Waals surface area contributed by atoms with E-state index in [9.17, 15) is 18.0 Å². The van der Waals surface area contributed by atoms with E-state index in [0.717, 1.165) is 9.87 Å². The van der Waals surface area contributed by atoms with Crippen LogP contribution in [0.2, 0.25) is 5.02 Å². The van der Waals surface area contributed by atoms with Crippen molar-refractivity contribution >= 4 is 50.5 Å². The summed E-state index contributed by atoms with van der Waals surface area (Å²) in [5.74, 6) is -0.393. The van der Waals surface area contributed by atoms with Crippen molar-refractivity contribution in [3.63, 3.8) is 0 Å². The largest absolute Gasteiger partial charge is 0.494 e. The van der Waals surface area contributed by atoms with E-state index < -0.39 is 22.5 Å². The van der Waals surface area contributed by atoms with Gasteiger partial charge in [-0.3, -0.25) is 13.9 Å². The van der Waals surface area contributed by atoms with Gasteiger partial charge in [-0.05, 0) is 93.1 Å². The summed E-state index contributed by atoms with van der Waals surface area (Å²) < 4.78 is 33.8. The van der Waals surface area contributed by atoms with E-state index in [-0.39, 0.29) is 10.8 Å². The summed E-state index contributed by atoms with van der Waals surface area (Å²) in [5.41, 5.74) is 5.67. The predicted octanol–water partition coefficient (Wildman–Crippen LogP) is 6.04. The molecular formula is C32H31ClN4O5S. The summed E-state index contributed by atoms with van der Waals surface area (Å²) in [7, 11) is -4.09. The highest BCUT2D eigenvalue weighted by atomic mass is 35.5. The normalized spacial score (nSPS) is 11.5. The van der Waals surface area contributed by atoms with Crippen molar-refractivity contribution in [3.05, 3.63) is 119 Å². The lowest BCUT2D eigenvalue weighted by atomic mass is 10.1. The van der Waals surface area contributed by atoms with E-state index >= 15 is 0 Å². The lowest BCUT2D eigenvalue weighted by molar-refractivity contribution is -0.119. The molecule has 0 aliphatic heterocycles. The quantitative estimate of drug-likeness (QED) is 0.157. The molecule has 0 aliphatic carbocycles. The molecule has 0 spiro atoms. The molecule has 0 aromatic heterocycles. The predicted molar refractivity (Wildman–Crippen MR) is 170 cm³/mol. The van der Waals surface area contributed by atoms with Crippen LogP contribution in [0.1, 0.15) is 35.3 Å². The number of hydrogen-bond donors (Lipinski definition) is 2. The lowest BCUT2D eigenvalue weighted by Gasteiger charge is -2.24. The van der Waals surface area contributed by atoms with Crippen LogP contribution in [-0.2, 0) is 14.8 Å². The minimum Gasteiger partial charge on any atom is -0.494 e. The second kappa shape index (κ2) is 14.0. The van der Waals surface area contributed by atoms with Gasteiger partial charge >= 0.3 is 0 Å². The molecule has 11 heteroatoms. The van der Waals surface area contributed by atoms with Gasteiger partial charge in [0.1, 0.15) is 12.3 Å². The number of aryl methyl sites for hydroxylation is 1. The average Bonchev–Trinajstić information content (AvgIpc) is 2.99. The maximum Gasteiger partial charge on any atom is 0.264 e. The average molecular weight is 619 g/mol. The highest BCUT2D eigenvalue weighted by Crippen LogP contribution is 2.26. The number of carbonyl (C=O) groups is 2. The Labute approximate surface area is 256 Å². The van der Waals surface area contributed by atoms with Crippen LogP contribution in [0.4, 0.5) is 11.4 Å². The van der Waals surface area contributed by atoms with Crippen LogP contribution < -0.4 is 19.8 Å². The Hall–Kier alpha value is -4.67. The van der Waals surface area contributed by atoms with E-state index in [1.165, 1.54) is 12.1 Å². The Morgan fingerprint density at radius 2 is 1.58 bits per heavy atom. The van der Waals surface area contributed by atoms with Gasteiger partial charge < -0.3 is 10.1 Å². The number of hydrazone groups is 1. The van der Waals surface area contributed by atoms with Gasteiger partial charge in [-0.1, -0.05) is 47.5 Å². The maximum absolute atomic E-state index is 13.6. The first kappa shape index (κ1) is 31.3. The van der Waals surface area contributed by atoms with Gasteiger partial charge in [-0.15, -0.1) is 0 Å². The van der Waals surface area contributed by atoms with Crippen molar-refractivity contribution in [1.29, 1.82) is 0 Å². The van der Waals surface area contributed by atoms with Crippen LogP contribution in [0.3, 0.4) is 0 Å². The van der Waals surface area contributed by atoms with E-state index in [1.807, 2.05) is 13.8 Å². The SMILES string of the molecule is CCOc1ccc(N(CC(=O)N/N=C(/C)c2cccc(NC(=O)c3cccc(Cl)c3)c2)S(=O)(=O)c2ccc(C)cc2)cc1. The van der Waals surface area contributed by atoms with Crippen molar-refractivity contribution in [3.8, 4) is 5.75 Å². The van der Waals surface area contributed by atoms with Crippen LogP contribution in [0.25, 0.3) is 0 Å². The van der Waals surface area contributed by atoms with Crippen molar-refractivity contribution in [1.82, 2.24) is 5.43 Å². The third kappa shape index (κ3) is 8.21. The van der Waals surface area contributed by atoms with Gasteiger partial charge in [0.25, 0.3) is 21.8 Å². The first-order valence-corrected chi connectivity index (χ1v) is 15.2. The zero-order valence-corrected chi connectivity index (χ0v) is 25.4. The molecule has 2 amide bonds. The number of benzene rings is 4. The number of ether oxygens (including phenoxy) is 1. The summed E-state index contributed by atoms with van der Waals surface area (Å²) in [6.07, 6.45) is 0. The molecule has 222 valence electrons. The van der Waals surface area contributed by atoms with Crippen LogP contribution in [0.15, 0.2) is 107 Å². The Morgan fingerprint density at radius 3 is 2.26 bits per heavy atom. The second-order valence-electron chi connectivity index (χ2n) is 9.53. The lowest BCUT2D eigenvalue weighted by Crippen LogP contribution is -2.39. The van der Waals surface area contributed by atoms with Crippen molar-refractivity contribution in [2.24, 2.45) is 5.10 Å². The third-order valence-electron chi connectivity index (χ3n) is 6.31. The zero-order chi connectivity index (χ0) is 31.0. The number of sulfonamides is 1. The number of carbonyl (C=O) groups excluding carboxylic acids is 2. The van der Waals surface area contributed by atoms with E-state index in [1.54, 1.807) is 91.9 Å². The molecule has 9 nitrogen and oxygen atoms in total. The number of rotatable bonds is 11. The molecule has 0 aliphatic rings. The molecule has 4 aromatic carbocycles. The minimum atomic E-state index is -4.09. The first-order chi connectivity index (χ1) is 20.6. The monoisotopic (exact) mass is 618 g/mol. The van der Waals surface area contributed by atoms with Gasteiger partial charge in [-0.2, -0.15) is 5.10 Å². The number of nitrogens with one attached hydrogen (secondary N) is 2.